The van der Waals surface area contributed by atoms with Gasteiger partial charge in [0.05, 0.1) is 19.4 Å². The number of ether oxygens (including phenoxy) is 1. The number of rotatable bonds is 5. The predicted octanol–water partition coefficient (Wildman–Crippen LogP) is 3.67. The van der Waals surface area contributed by atoms with Crippen LogP contribution in [0.5, 0.6) is 5.75 Å². The van der Waals surface area contributed by atoms with E-state index in [9.17, 15) is 5.11 Å². The molecule has 2 aromatic carbocycles. The van der Waals surface area contributed by atoms with Gasteiger partial charge in [0.15, 0.2) is 0 Å². The Hall–Kier alpha value is -2.00. The van der Waals surface area contributed by atoms with Gasteiger partial charge in [0.1, 0.15) is 5.75 Å². The van der Waals surface area contributed by atoms with Gasteiger partial charge in [-0.15, -0.1) is 0 Å². The zero-order chi connectivity index (χ0) is 14.5. The summed E-state index contributed by atoms with van der Waals surface area (Å²) in [5.74, 6) is 0.834. The SMILES string of the molecule is COc1ccc(C)cc1NC(C)c1cccc(CO)c1. The Morgan fingerprint density at radius 1 is 1.20 bits per heavy atom. The van der Waals surface area contributed by atoms with Gasteiger partial charge in [-0.1, -0.05) is 30.3 Å². The van der Waals surface area contributed by atoms with Crippen molar-refractivity contribution in [3.05, 3.63) is 59.2 Å². The zero-order valence-electron chi connectivity index (χ0n) is 12.2. The molecular weight excluding hydrogens is 250 g/mol. The number of methoxy groups -OCH3 is 1. The molecular formula is C17H21NO2. The minimum absolute atomic E-state index is 0.0638. The molecule has 0 aliphatic rings. The zero-order valence-corrected chi connectivity index (χ0v) is 12.2. The number of aryl methyl sites for hydroxylation is 1. The number of hydrogen-bond donors (Lipinski definition) is 2. The third-order valence-electron chi connectivity index (χ3n) is 3.36. The Balaban J connectivity index is 2.22. The molecule has 0 saturated heterocycles. The first-order valence-corrected chi connectivity index (χ1v) is 6.75. The van der Waals surface area contributed by atoms with Crippen LogP contribution in [-0.2, 0) is 6.61 Å². The molecule has 0 aromatic heterocycles. The van der Waals surface area contributed by atoms with Crippen LogP contribution in [-0.4, -0.2) is 12.2 Å². The maximum absolute atomic E-state index is 9.21. The van der Waals surface area contributed by atoms with Crippen LogP contribution in [0, 0.1) is 6.92 Å². The standard InChI is InChI=1S/C17H21NO2/c1-12-7-8-17(20-3)16(9-12)18-13(2)15-6-4-5-14(10-15)11-19/h4-10,13,18-19H,11H2,1-3H3. The number of aliphatic hydroxyl groups is 1. The molecule has 0 aliphatic carbocycles. The minimum atomic E-state index is 0.0638. The number of hydrogen-bond acceptors (Lipinski definition) is 3. The van der Waals surface area contributed by atoms with Crippen LogP contribution >= 0.6 is 0 Å². The first-order valence-electron chi connectivity index (χ1n) is 6.75. The molecule has 0 aliphatic heterocycles. The van der Waals surface area contributed by atoms with Crippen LogP contribution < -0.4 is 10.1 Å². The summed E-state index contributed by atoms with van der Waals surface area (Å²) in [6.07, 6.45) is 0. The summed E-state index contributed by atoms with van der Waals surface area (Å²) in [7, 11) is 1.67. The number of aliphatic hydroxyl groups excluding tert-OH is 1. The van der Waals surface area contributed by atoms with Crippen LogP contribution in [0.3, 0.4) is 0 Å². The Bertz CT molecular complexity index is 581. The third kappa shape index (κ3) is 3.31. The lowest BCUT2D eigenvalue weighted by atomic mass is 10.0. The van der Waals surface area contributed by atoms with E-state index in [1.54, 1.807) is 7.11 Å². The molecule has 3 nitrogen and oxygen atoms in total. The predicted molar refractivity (Wildman–Crippen MR) is 82.1 cm³/mol. The van der Waals surface area contributed by atoms with E-state index in [-0.39, 0.29) is 12.6 Å². The van der Waals surface area contributed by atoms with Crippen LogP contribution in [0.1, 0.15) is 29.7 Å². The van der Waals surface area contributed by atoms with Gasteiger partial charge in [-0.2, -0.15) is 0 Å². The molecule has 0 saturated carbocycles. The Labute approximate surface area is 120 Å². The van der Waals surface area contributed by atoms with E-state index in [1.807, 2.05) is 30.3 Å². The molecule has 3 heteroatoms. The molecule has 106 valence electrons. The first kappa shape index (κ1) is 14.4. The monoisotopic (exact) mass is 271 g/mol. The van der Waals surface area contributed by atoms with E-state index in [0.29, 0.717) is 0 Å². The van der Waals surface area contributed by atoms with E-state index in [0.717, 1.165) is 22.6 Å². The van der Waals surface area contributed by atoms with Gasteiger partial charge in [0.25, 0.3) is 0 Å². The van der Waals surface area contributed by atoms with Crippen molar-refractivity contribution >= 4 is 5.69 Å². The normalized spacial score (nSPS) is 12.0. The van der Waals surface area contributed by atoms with E-state index in [4.69, 9.17) is 4.74 Å². The van der Waals surface area contributed by atoms with Gasteiger partial charge >= 0.3 is 0 Å². The van der Waals surface area contributed by atoms with Crippen LogP contribution in [0.15, 0.2) is 42.5 Å². The summed E-state index contributed by atoms with van der Waals surface area (Å²) in [4.78, 5) is 0. The van der Waals surface area contributed by atoms with E-state index in [2.05, 4.69) is 31.3 Å². The third-order valence-corrected chi connectivity index (χ3v) is 3.36. The molecule has 0 bridgehead atoms. The summed E-state index contributed by atoms with van der Waals surface area (Å²) in [6, 6.07) is 14.2. The lowest BCUT2D eigenvalue weighted by Crippen LogP contribution is -2.08. The van der Waals surface area contributed by atoms with E-state index >= 15 is 0 Å². The fourth-order valence-corrected chi connectivity index (χ4v) is 2.21. The van der Waals surface area contributed by atoms with Crippen molar-refractivity contribution in [2.24, 2.45) is 0 Å². The Morgan fingerprint density at radius 3 is 2.70 bits per heavy atom. The molecule has 0 spiro atoms. The summed E-state index contributed by atoms with van der Waals surface area (Å²) in [5.41, 5.74) is 4.23. The largest absolute Gasteiger partial charge is 0.495 e. The highest BCUT2D eigenvalue weighted by molar-refractivity contribution is 5.59. The quantitative estimate of drug-likeness (QED) is 0.872. The molecule has 0 amide bonds. The summed E-state index contributed by atoms with van der Waals surface area (Å²) < 4.78 is 5.38. The molecule has 0 heterocycles. The number of anilines is 1. The lowest BCUT2D eigenvalue weighted by molar-refractivity contribution is 0.281. The average molecular weight is 271 g/mol. The fraction of sp³-hybridized carbons (Fsp3) is 0.294. The van der Waals surface area contributed by atoms with Crippen molar-refractivity contribution in [2.45, 2.75) is 26.5 Å². The topological polar surface area (TPSA) is 41.5 Å². The lowest BCUT2D eigenvalue weighted by Gasteiger charge is -2.19. The van der Waals surface area contributed by atoms with Gasteiger partial charge in [-0.05, 0) is 42.7 Å². The molecule has 2 N–H and O–H groups in total. The molecule has 20 heavy (non-hydrogen) atoms. The van der Waals surface area contributed by atoms with Gasteiger partial charge in [-0.25, -0.2) is 0 Å². The Kier molecular flexibility index (Phi) is 4.64. The molecule has 0 fully saturated rings. The second-order valence-electron chi connectivity index (χ2n) is 4.97. The van der Waals surface area contributed by atoms with Gasteiger partial charge in [-0.3, -0.25) is 0 Å². The van der Waals surface area contributed by atoms with Crippen molar-refractivity contribution in [3.63, 3.8) is 0 Å². The molecule has 2 aromatic rings. The van der Waals surface area contributed by atoms with Crippen molar-refractivity contribution in [3.8, 4) is 5.75 Å². The summed E-state index contributed by atoms with van der Waals surface area (Å²) >= 11 is 0. The van der Waals surface area contributed by atoms with E-state index < -0.39 is 0 Å². The van der Waals surface area contributed by atoms with Crippen molar-refractivity contribution in [2.75, 3.05) is 12.4 Å². The smallest absolute Gasteiger partial charge is 0.141 e. The van der Waals surface area contributed by atoms with Crippen molar-refractivity contribution in [1.29, 1.82) is 0 Å². The molecule has 1 atom stereocenters. The molecule has 1 unspecified atom stereocenters. The van der Waals surface area contributed by atoms with Gasteiger partial charge < -0.3 is 15.2 Å². The number of benzene rings is 2. The van der Waals surface area contributed by atoms with Crippen LogP contribution in [0.2, 0.25) is 0 Å². The summed E-state index contributed by atoms with van der Waals surface area (Å²) in [5, 5.41) is 12.7. The van der Waals surface area contributed by atoms with Gasteiger partial charge in [0, 0.05) is 6.04 Å². The van der Waals surface area contributed by atoms with Crippen LogP contribution in [0.4, 0.5) is 5.69 Å². The number of nitrogens with one attached hydrogen (secondary N) is 1. The highest BCUT2D eigenvalue weighted by Crippen LogP contribution is 2.29. The average Bonchev–Trinajstić information content (AvgIpc) is 2.47. The molecule has 2 rings (SSSR count). The van der Waals surface area contributed by atoms with E-state index in [1.165, 1.54) is 5.56 Å². The maximum Gasteiger partial charge on any atom is 0.141 e. The summed E-state index contributed by atoms with van der Waals surface area (Å²) in [6.45, 7) is 4.22. The fourth-order valence-electron chi connectivity index (χ4n) is 2.21. The second kappa shape index (κ2) is 6.44. The molecule has 0 radical (unpaired) electrons. The maximum atomic E-state index is 9.21. The van der Waals surface area contributed by atoms with Crippen molar-refractivity contribution in [1.82, 2.24) is 0 Å². The Morgan fingerprint density at radius 2 is 2.00 bits per heavy atom. The second-order valence-corrected chi connectivity index (χ2v) is 4.97. The highest BCUT2D eigenvalue weighted by Gasteiger charge is 2.09. The highest BCUT2D eigenvalue weighted by atomic mass is 16.5. The van der Waals surface area contributed by atoms with Gasteiger partial charge in [0.2, 0.25) is 0 Å². The van der Waals surface area contributed by atoms with Crippen molar-refractivity contribution < 1.29 is 9.84 Å². The van der Waals surface area contributed by atoms with Crippen LogP contribution in [0.25, 0.3) is 0 Å². The first-order chi connectivity index (χ1) is 9.63. The minimum Gasteiger partial charge on any atom is -0.495 e.